The van der Waals surface area contributed by atoms with Crippen LogP contribution in [0.1, 0.15) is 28.7 Å². The molecule has 0 saturated heterocycles. The van der Waals surface area contributed by atoms with Crippen molar-refractivity contribution in [1.82, 2.24) is 10.1 Å². The molecule has 7 heteroatoms. The smallest absolute Gasteiger partial charge is 0.254 e. The van der Waals surface area contributed by atoms with Gasteiger partial charge in [-0.15, -0.1) is 0 Å². The first-order valence-corrected chi connectivity index (χ1v) is 7.93. The Morgan fingerprint density at radius 3 is 2.70 bits per heavy atom. The van der Waals surface area contributed by atoms with Crippen LogP contribution in [0.4, 0.5) is 0 Å². The van der Waals surface area contributed by atoms with Gasteiger partial charge in [0, 0.05) is 18.7 Å². The van der Waals surface area contributed by atoms with Gasteiger partial charge in [-0.1, -0.05) is 5.16 Å². The molecule has 0 unspecified atom stereocenters. The number of hydrogen-bond donors (Lipinski definition) is 0. The van der Waals surface area contributed by atoms with Gasteiger partial charge in [-0.05, 0) is 41.9 Å². The highest BCUT2D eigenvalue weighted by molar-refractivity contribution is 9.10. The monoisotopic (exact) mass is 382 g/mol. The molecule has 0 saturated carbocycles. The predicted molar refractivity (Wildman–Crippen MR) is 88.9 cm³/mol. The summed E-state index contributed by atoms with van der Waals surface area (Å²) in [4.78, 5) is 14.2. The number of carbonyl (C=O) groups excluding carboxylic acids is 1. The van der Waals surface area contributed by atoms with Crippen molar-refractivity contribution in [1.29, 1.82) is 0 Å². The molecule has 0 aliphatic rings. The maximum absolute atomic E-state index is 12.6. The zero-order chi connectivity index (χ0) is 17.0. The molecule has 1 aromatic carbocycles. The number of carbonyl (C=O) groups is 1. The van der Waals surface area contributed by atoms with Crippen molar-refractivity contribution in [2.75, 3.05) is 20.8 Å². The molecule has 2 aromatic rings. The maximum Gasteiger partial charge on any atom is 0.254 e. The van der Waals surface area contributed by atoms with Gasteiger partial charge in [0.2, 0.25) is 0 Å². The fourth-order valence-electron chi connectivity index (χ4n) is 2.16. The molecule has 6 nitrogen and oxygen atoms in total. The fraction of sp³-hybridized carbons (Fsp3) is 0.375. The number of hydrogen-bond acceptors (Lipinski definition) is 5. The Morgan fingerprint density at radius 2 is 2.13 bits per heavy atom. The molecule has 0 N–H and O–H groups in total. The summed E-state index contributed by atoms with van der Waals surface area (Å²) >= 11 is 3.42. The molecule has 0 spiro atoms. The lowest BCUT2D eigenvalue weighted by molar-refractivity contribution is 0.0781. The lowest BCUT2D eigenvalue weighted by atomic mass is 10.1. The van der Waals surface area contributed by atoms with Crippen LogP contribution in [0.5, 0.6) is 11.5 Å². The van der Waals surface area contributed by atoms with Crippen LogP contribution in [0, 0.1) is 6.92 Å². The topological polar surface area (TPSA) is 64.8 Å². The molecule has 0 fully saturated rings. The van der Waals surface area contributed by atoms with Gasteiger partial charge < -0.3 is 18.9 Å². The van der Waals surface area contributed by atoms with E-state index in [1.807, 2.05) is 13.8 Å². The third-order valence-electron chi connectivity index (χ3n) is 3.19. The van der Waals surface area contributed by atoms with E-state index in [-0.39, 0.29) is 5.91 Å². The molecular weight excluding hydrogens is 364 g/mol. The van der Waals surface area contributed by atoms with Gasteiger partial charge in [0.05, 0.1) is 24.7 Å². The zero-order valence-electron chi connectivity index (χ0n) is 13.6. The van der Waals surface area contributed by atoms with Crippen molar-refractivity contribution in [2.45, 2.75) is 20.4 Å². The summed E-state index contributed by atoms with van der Waals surface area (Å²) in [6.45, 7) is 4.57. The number of ether oxygens (including phenoxy) is 2. The van der Waals surface area contributed by atoms with E-state index in [2.05, 4.69) is 21.1 Å². The fourth-order valence-corrected chi connectivity index (χ4v) is 2.71. The Balaban J connectivity index is 2.22. The van der Waals surface area contributed by atoms with Crippen molar-refractivity contribution in [2.24, 2.45) is 0 Å². The van der Waals surface area contributed by atoms with Gasteiger partial charge in [-0.2, -0.15) is 0 Å². The lowest BCUT2D eigenvalue weighted by Gasteiger charge is -2.18. The van der Waals surface area contributed by atoms with Crippen LogP contribution >= 0.6 is 15.9 Å². The Morgan fingerprint density at radius 1 is 1.39 bits per heavy atom. The van der Waals surface area contributed by atoms with Crippen molar-refractivity contribution in [3.8, 4) is 11.5 Å². The molecule has 0 aliphatic heterocycles. The Kier molecular flexibility index (Phi) is 5.65. The molecule has 0 bridgehead atoms. The van der Waals surface area contributed by atoms with Crippen LogP contribution in [0.25, 0.3) is 0 Å². The molecule has 0 radical (unpaired) electrons. The highest BCUT2D eigenvalue weighted by Crippen LogP contribution is 2.37. The number of aryl methyl sites for hydroxylation is 1. The second kappa shape index (κ2) is 7.50. The van der Waals surface area contributed by atoms with Crippen LogP contribution in [0.2, 0.25) is 0 Å². The number of nitrogens with zero attached hydrogens (tertiary/aromatic N) is 2. The second-order valence-electron chi connectivity index (χ2n) is 5.01. The Bertz CT molecular complexity index is 699. The van der Waals surface area contributed by atoms with E-state index in [0.29, 0.717) is 46.1 Å². The number of methoxy groups -OCH3 is 1. The van der Waals surface area contributed by atoms with Crippen LogP contribution in [-0.4, -0.2) is 36.7 Å². The Hall–Kier alpha value is -2.02. The molecule has 1 aromatic heterocycles. The molecule has 23 heavy (non-hydrogen) atoms. The van der Waals surface area contributed by atoms with Gasteiger partial charge in [0.15, 0.2) is 11.5 Å². The summed E-state index contributed by atoms with van der Waals surface area (Å²) in [5.41, 5.74) is 1.20. The Labute approximate surface area is 143 Å². The van der Waals surface area contributed by atoms with E-state index in [1.165, 1.54) is 0 Å². The van der Waals surface area contributed by atoms with Crippen LogP contribution < -0.4 is 9.47 Å². The molecule has 0 aliphatic carbocycles. The maximum atomic E-state index is 12.6. The molecule has 124 valence electrons. The molecule has 1 heterocycles. The predicted octanol–water partition coefficient (Wildman–Crippen LogP) is 3.43. The van der Waals surface area contributed by atoms with Gasteiger partial charge in [0.25, 0.3) is 5.91 Å². The van der Waals surface area contributed by atoms with Crippen molar-refractivity contribution in [3.63, 3.8) is 0 Å². The van der Waals surface area contributed by atoms with E-state index < -0.39 is 0 Å². The first kappa shape index (κ1) is 17.3. The minimum atomic E-state index is -0.146. The minimum absolute atomic E-state index is 0.146. The minimum Gasteiger partial charge on any atom is -0.493 e. The first-order chi connectivity index (χ1) is 11.0. The summed E-state index contributed by atoms with van der Waals surface area (Å²) in [7, 11) is 3.25. The third-order valence-corrected chi connectivity index (χ3v) is 3.78. The van der Waals surface area contributed by atoms with E-state index >= 15 is 0 Å². The lowest BCUT2D eigenvalue weighted by Crippen LogP contribution is -2.26. The SMILES string of the molecule is CCOc1c(Br)cc(C(=O)N(C)Cc2cc(C)on2)cc1OC. The summed E-state index contributed by atoms with van der Waals surface area (Å²) < 4.78 is 16.5. The third kappa shape index (κ3) is 4.04. The summed E-state index contributed by atoms with van der Waals surface area (Å²) in [5.74, 6) is 1.66. The standard InChI is InChI=1S/C16H19BrN2O4/c1-5-22-15-13(17)7-11(8-14(15)21-4)16(20)19(3)9-12-6-10(2)23-18-12/h6-8H,5,9H2,1-4H3. The zero-order valence-corrected chi connectivity index (χ0v) is 15.1. The highest BCUT2D eigenvalue weighted by Gasteiger charge is 2.19. The van der Waals surface area contributed by atoms with Crippen LogP contribution in [0.15, 0.2) is 27.2 Å². The van der Waals surface area contributed by atoms with Crippen LogP contribution in [0.3, 0.4) is 0 Å². The molecule has 1 amide bonds. The highest BCUT2D eigenvalue weighted by atomic mass is 79.9. The normalized spacial score (nSPS) is 10.5. The summed E-state index contributed by atoms with van der Waals surface area (Å²) in [6, 6.07) is 5.20. The quantitative estimate of drug-likeness (QED) is 0.765. The first-order valence-electron chi connectivity index (χ1n) is 7.14. The molecule has 2 rings (SSSR count). The number of amides is 1. The van der Waals surface area contributed by atoms with Gasteiger partial charge in [-0.3, -0.25) is 4.79 Å². The molecular formula is C16H19BrN2O4. The largest absolute Gasteiger partial charge is 0.493 e. The summed E-state index contributed by atoms with van der Waals surface area (Å²) in [6.07, 6.45) is 0. The molecule has 0 atom stereocenters. The average Bonchev–Trinajstić information content (AvgIpc) is 2.93. The van der Waals surface area contributed by atoms with E-state index in [1.54, 1.807) is 37.3 Å². The average molecular weight is 383 g/mol. The number of rotatable bonds is 6. The van der Waals surface area contributed by atoms with Crippen molar-refractivity contribution < 1.29 is 18.8 Å². The number of aromatic nitrogens is 1. The van der Waals surface area contributed by atoms with E-state index in [9.17, 15) is 4.79 Å². The number of benzene rings is 1. The summed E-state index contributed by atoms with van der Waals surface area (Å²) in [5, 5.41) is 3.90. The number of halogens is 1. The van der Waals surface area contributed by atoms with Gasteiger partial charge >= 0.3 is 0 Å². The van der Waals surface area contributed by atoms with E-state index in [4.69, 9.17) is 14.0 Å². The van der Waals surface area contributed by atoms with Crippen LogP contribution in [-0.2, 0) is 6.54 Å². The van der Waals surface area contributed by atoms with E-state index in [0.717, 1.165) is 0 Å². The van der Waals surface area contributed by atoms with Gasteiger partial charge in [0.1, 0.15) is 11.5 Å². The second-order valence-corrected chi connectivity index (χ2v) is 5.87. The van der Waals surface area contributed by atoms with Crippen molar-refractivity contribution >= 4 is 21.8 Å². The van der Waals surface area contributed by atoms with Crippen molar-refractivity contribution in [3.05, 3.63) is 39.7 Å². The van der Waals surface area contributed by atoms with Gasteiger partial charge in [-0.25, -0.2) is 0 Å².